The van der Waals surface area contributed by atoms with E-state index in [1.54, 1.807) is 13.0 Å². The smallest absolute Gasteiger partial charge is 0.331 e. The van der Waals surface area contributed by atoms with Crippen molar-refractivity contribution in [2.45, 2.75) is 74.4 Å². The second-order valence-electron chi connectivity index (χ2n) is 11.0. The molecule has 0 saturated heterocycles. The molecule has 4 aromatic carbocycles. The van der Waals surface area contributed by atoms with Gasteiger partial charge in [-0.3, -0.25) is 9.59 Å². The van der Waals surface area contributed by atoms with E-state index >= 15 is 0 Å². The Kier molecular flexibility index (Phi) is 13.0. The van der Waals surface area contributed by atoms with Crippen molar-refractivity contribution in [3.8, 4) is 0 Å². The van der Waals surface area contributed by atoms with Crippen molar-refractivity contribution in [1.82, 2.24) is 9.63 Å². The first-order valence-corrected chi connectivity index (χ1v) is 15.9. The van der Waals surface area contributed by atoms with Crippen LogP contribution in [0.3, 0.4) is 0 Å². The van der Waals surface area contributed by atoms with E-state index in [1.807, 2.05) is 51.1 Å². The van der Waals surface area contributed by atoms with Crippen molar-refractivity contribution in [3.63, 3.8) is 0 Å². The van der Waals surface area contributed by atoms with Crippen LogP contribution in [0.5, 0.6) is 0 Å². The second kappa shape index (κ2) is 16.9. The van der Waals surface area contributed by atoms with Gasteiger partial charge < -0.3 is 14.2 Å². The molecule has 0 radical (unpaired) electrons. The monoisotopic (exact) mass is 635 g/mol. The van der Waals surface area contributed by atoms with Crippen LogP contribution < -0.4 is 0 Å². The zero-order chi connectivity index (χ0) is 34.7. The molecule has 0 aliphatic heterocycles. The van der Waals surface area contributed by atoms with Crippen molar-refractivity contribution < 1.29 is 24.1 Å². The van der Waals surface area contributed by atoms with Gasteiger partial charge in [0.25, 0.3) is 0 Å². The van der Waals surface area contributed by atoms with Gasteiger partial charge in [-0.15, -0.1) is 0 Å². The number of benzene rings is 4. The van der Waals surface area contributed by atoms with Gasteiger partial charge in [0, 0.05) is 65.4 Å². The molecule has 1 heterocycles. The molecule has 0 bridgehead atoms. The van der Waals surface area contributed by atoms with Gasteiger partial charge in [-0.25, -0.2) is 9.86 Å². The summed E-state index contributed by atoms with van der Waals surface area (Å²) in [6.07, 6.45) is 1.14. The van der Waals surface area contributed by atoms with Gasteiger partial charge in [-0.2, -0.15) is 0 Å². The number of nitrogens with zero attached hydrogens (tertiary/aromatic N) is 3. The highest BCUT2D eigenvalue weighted by Gasteiger charge is 2.22. The van der Waals surface area contributed by atoms with E-state index in [0.29, 0.717) is 23.4 Å². The Balaban J connectivity index is 0.000000383. The standard InChI is InChI=1S/C26H29N3O5.C11H10.C2H6/c1-7-28-25-10-8-20(15-30)13-22(25)23-14-21(9-11-26(23)28)24(27-33-18(5)31)12-17(4)29(16(2)3)34-19(6)32;1-9-5-4-7-10-6-2-3-8-11(9)10;1-2/h8-11,13-15,17H,2,7,12H2,1,3-6H3;2-8H,1H3;1-2H3/b27-24+;;. The summed E-state index contributed by atoms with van der Waals surface area (Å²) in [5, 5.41) is 10.1. The normalized spacial score (nSPS) is 11.5. The topological polar surface area (TPSA) is 90.2 Å². The minimum absolute atomic E-state index is 0.310. The van der Waals surface area contributed by atoms with Crippen LogP contribution in [0.4, 0.5) is 0 Å². The van der Waals surface area contributed by atoms with Crippen molar-refractivity contribution in [3.05, 3.63) is 108 Å². The van der Waals surface area contributed by atoms with Gasteiger partial charge in [0.2, 0.25) is 0 Å². The minimum atomic E-state index is -0.541. The lowest BCUT2D eigenvalue weighted by molar-refractivity contribution is -0.186. The van der Waals surface area contributed by atoms with Crippen molar-refractivity contribution in [2.24, 2.45) is 5.16 Å². The summed E-state index contributed by atoms with van der Waals surface area (Å²) in [7, 11) is 0. The summed E-state index contributed by atoms with van der Waals surface area (Å²) in [5.74, 6) is -1.01. The number of allylic oxidation sites excluding steroid dienone is 1. The number of hydrogen-bond acceptors (Lipinski definition) is 7. The van der Waals surface area contributed by atoms with Gasteiger partial charge in [0.1, 0.15) is 6.29 Å². The number of carbonyl (C=O) groups excluding carboxylic acids is 3. The van der Waals surface area contributed by atoms with E-state index in [0.717, 1.165) is 40.2 Å². The third-order valence-electron chi connectivity index (χ3n) is 7.46. The molecule has 0 N–H and O–H groups in total. The zero-order valence-electron chi connectivity index (χ0n) is 28.7. The van der Waals surface area contributed by atoms with Crippen LogP contribution in [0, 0.1) is 6.92 Å². The van der Waals surface area contributed by atoms with Crippen LogP contribution in [-0.2, 0) is 25.8 Å². The molecular weight excluding hydrogens is 590 g/mol. The summed E-state index contributed by atoms with van der Waals surface area (Å²) >= 11 is 0. The van der Waals surface area contributed by atoms with E-state index in [-0.39, 0.29) is 6.04 Å². The van der Waals surface area contributed by atoms with Gasteiger partial charge in [0.05, 0.1) is 11.8 Å². The number of fused-ring (bicyclic) bond motifs is 4. The van der Waals surface area contributed by atoms with E-state index in [4.69, 9.17) is 9.68 Å². The number of oxime groups is 1. The number of aromatic nitrogens is 1. The first-order chi connectivity index (χ1) is 22.5. The molecule has 0 aliphatic rings. The molecule has 8 heteroatoms. The summed E-state index contributed by atoms with van der Waals surface area (Å²) < 4.78 is 2.18. The predicted octanol–water partition coefficient (Wildman–Crippen LogP) is 9.16. The Hall–Kier alpha value is -5.24. The summed E-state index contributed by atoms with van der Waals surface area (Å²) in [6.45, 7) is 19.0. The largest absolute Gasteiger partial charge is 0.341 e. The average molecular weight is 636 g/mol. The lowest BCUT2D eigenvalue weighted by atomic mass is 10.0. The summed E-state index contributed by atoms with van der Waals surface area (Å²) in [5.41, 5.74) is 5.79. The maximum atomic E-state index is 11.6. The maximum Gasteiger partial charge on any atom is 0.331 e. The summed E-state index contributed by atoms with van der Waals surface area (Å²) in [4.78, 5) is 44.7. The van der Waals surface area contributed by atoms with Gasteiger partial charge in [0.15, 0.2) is 0 Å². The first kappa shape index (κ1) is 36.2. The number of hydroxylamine groups is 2. The molecule has 5 aromatic rings. The fourth-order valence-electron chi connectivity index (χ4n) is 5.48. The molecule has 0 fully saturated rings. The second-order valence-corrected chi connectivity index (χ2v) is 11.0. The van der Waals surface area contributed by atoms with Crippen molar-refractivity contribution in [2.75, 3.05) is 0 Å². The molecule has 0 spiro atoms. The molecule has 1 unspecified atom stereocenters. The molecule has 47 heavy (non-hydrogen) atoms. The molecule has 1 aromatic heterocycles. The predicted molar refractivity (Wildman–Crippen MR) is 191 cm³/mol. The maximum absolute atomic E-state index is 11.6. The fraction of sp³-hybridized carbons (Fsp3) is 0.282. The minimum Gasteiger partial charge on any atom is -0.341 e. The molecule has 8 nitrogen and oxygen atoms in total. The van der Waals surface area contributed by atoms with Gasteiger partial charge in [-0.1, -0.05) is 74.1 Å². The Morgan fingerprint density at radius 3 is 2.13 bits per heavy atom. The van der Waals surface area contributed by atoms with Crippen molar-refractivity contribution in [1.29, 1.82) is 0 Å². The molecule has 0 aliphatic carbocycles. The van der Waals surface area contributed by atoms with E-state index in [9.17, 15) is 14.4 Å². The molecule has 1 atom stereocenters. The van der Waals surface area contributed by atoms with Crippen LogP contribution in [0.25, 0.3) is 32.6 Å². The Labute approximate surface area is 277 Å². The molecule has 0 saturated carbocycles. The van der Waals surface area contributed by atoms with Crippen LogP contribution in [-0.4, -0.2) is 39.6 Å². The SMILES string of the molecule is C=C(C)N(OC(C)=O)C(C)C/C(=N\OC(C)=O)c1ccc2c(c1)c1cc(C=O)ccc1n2CC.CC.Cc1cccc2ccccc12. The van der Waals surface area contributed by atoms with E-state index in [2.05, 4.69) is 72.6 Å². The van der Waals surface area contributed by atoms with E-state index in [1.165, 1.54) is 35.2 Å². The number of aldehydes is 1. The summed E-state index contributed by atoms with van der Waals surface area (Å²) in [6, 6.07) is 26.0. The molecule has 0 amide bonds. The lowest BCUT2D eigenvalue weighted by Gasteiger charge is -2.29. The third kappa shape index (κ3) is 8.94. The zero-order valence-corrected chi connectivity index (χ0v) is 28.7. The van der Waals surface area contributed by atoms with Crippen LogP contribution in [0.15, 0.2) is 96.3 Å². The highest BCUT2D eigenvalue weighted by Crippen LogP contribution is 2.31. The fourth-order valence-corrected chi connectivity index (χ4v) is 5.48. The highest BCUT2D eigenvalue weighted by atomic mass is 16.7. The number of hydrogen-bond donors (Lipinski definition) is 0. The van der Waals surface area contributed by atoms with Crippen molar-refractivity contribution >= 4 is 56.5 Å². The Bertz CT molecular complexity index is 1920. The number of aryl methyl sites for hydroxylation is 2. The van der Waals surface area contributed by atoms with Crippen LogP contribution in [0.1, 0.15) is 76.4 Å². The highest BCUT2D eigenvalue weighted by molar-refractivity contribution is 6.12. The number of rotatable bonds is 9. The Morgan fingerprint density at radius 1 is 0.894 bits per heavy atom. The third-order valence-corrected chi connectivity index (χ3v) is 7.46. The molecule has 5 rings (SSSR count). The first-order valence-electron chi connectivity index (χ1n) is 15.9. The molecular formula is C39H45N3O5. The van der Waals surface area contributed by atoms with E-state index < -0.39 is 11.9 Å². The Morgan fingerprint density at radius 2 is 1.53 bits per heavy atom. The molecule has 246 valence electrons. The quantitative estimate of drug-likeness (QED) is 0.0694. The lowest BCUT2D eigenvalue weighted by Crippen LogP contribution is -2.34. The average Bonchev–Trinajstić information content (AvgIpc) is 3.38. The van der Waals surface area contributed by atoms with Gasteiger partial charge >= 0.3 is 11.9 Å². The van der Waals surface area contributed by atoms with Crippen LogP contribution >= 0.6 is 0 Å². The van der Waals surface area contributed by atoms with Crippen LogP contribution in [0.2, 0.25) is 0 Å². The number of carbonyl (C=O) groups is 3. The van der Waals surface area contributed by atoms with Gasteiger partial charge in [-0.05, 0) is 74.4 Å².